The Kier molecular flexibility index (Phi) is 6.73. The van der Waals surface area contributed by atoms with E-state index in [4.69, 9.17) is 11.6 Å². The smallest absolute Gasteiger partial charge is 0.0440 e. The van der Waals surface area contributed by atoms with Gasteiger partial charge in [0.25, 0.3) is 0 Å². The summed E-state index contributed by atoms with van der Waals surface area (Å²) in [5, 5.41) is 4.43. The molecule has 0 aliphatic carbocycles. The quantitative estimate of drug-likeness (QED) is 0.769. The lowest BCUT2D eigenvalue weighted by atomic mass is 10.00. The van der Waals surface area contributed by atoms with Crippen LogP contribution in [-0.4, -0.2) is 13.1 Å². The summed E-state index contributed by atoms with van der Waals surface area (Å²) >= 11 is 6.24. The van der Waals surface area contributed by atoms with Crippen LogP contribution in [-0.2, 0) is 6.42 Å². The molecule has 1 atom stereocenters. The van der Waals surface area contributed by atoms with E-state index in [-0.39, 0.29) is 0 Å². The van der Waals surface area contributed by atoms with E-state index in [1.165, 1.54) is 17.5 Å². The molecule has 1 rings (SSSR count). The van der Waals surface area contributed by atoms with Crippen LogP contribution in [0.1, 0.15) is 38.3 Å². The summed E-state index contributed by atoms with van der Waals surface area (Å²) in [5.41, 5.74) is 2.51. The summed E-state index contributed by atoms with van der Waals surface area (Å²) in [6.45, 7) is 11.1. The molecule has 0 aliphatic heterocycles. The lowest BCUT2D eigenvalue weighted by molar-refractivity contribution is 0.454. The first-order valence-corrected chi connectivity index (χ1v) is 7.32. The minimum absolute atomic E-state index is 0.695. The lowest BCUT2D eigenvalue weighted by Crippen LogP contribution is -2.25. The number of halogens is 1. The van der Waals surface area contributed by atoms with Crippen molar-refractivity contribution in [2.75, 3.05) is 13.1 Å². The van der Waals surface area contributed by atoms with Crippen molar-refractivity contribution in [1.82, 2.24) is 5.32 Å². The number of aryl methyl sites for hydroxylation is 2. The van der Waals surface area contributed by atoms with Crippen LogP contribution in [0.2, 0.25) is 5.02 Å². The number of hydrogen-bond donors (Lipinski definition) is 1. The van der Waals surface area contributed by atoms with Gasteiger partial charge in [0.2, 0.25) is 0 Å². The van der Waals surface area contributed by atoms with Crippen molar-refractivity contribution in [3.8, 4) is 0 Å². The average Bonchev–Trinajstić information content (AvgIpc) is 2.27. The highest BCUT2D eigenvalue weighted by molar-refractivity contribution is 6.31. The molecule has 0 heterocycles. The molecule has 1 nitrogen and oxygen atoms in total. The second-order valence-electron chi connectivity index (χ2n) is 5.79. The molecule has 1 unspecified atom stereocenters. The van der Waals surface area contributed by atoms with Gasteiger partial charge >= 0.3 is 0 Å². The highest BCUT2D eigenvalue weighted by Gasteiger charge is 2.05. The van der Waals surface area contributed by atoms with E-state index in [1.54, 1.807) is 0 Å². The van der Waals surface area contributed by atoms with E-state index < -0.39 is 0 Å². The Labute approximate surface area is 117 Å². The monoisotopic (exact) mass is 267 g/mol. The summed E-state index contributed by atoms with van der Waals surface area (Å²) in [6, 6.07) is 6.35. The fourth-order valence-corrected chi connectivity index (χ4v) is 2.31. The Morgan fingerprint density at radius 2 is 1.89 bits per heavy atom. The van der Waals surface area contributed by atoms with Gasteiger partial charge in [-0.3, -0.25) is 0 Å². The van der Waals surface area contributed by atoms with Crippen molar-refractivity contribution in [3.05, 3.63) is 34.3 Å². The minimum atomic E-state index is 0.695. The maximum Gasteiger partial charge on any atom is 0.0440 e. The van der Waals surface area contributed by atoms with Crippen LogP contribution in [0.25, 0.3) is 0 Å². The molecule has 0 fully saturated rings. The third kappa shape index (κ3) is 5.88. The summed E-state index contributed by atoms with van der Waals surface area (Å²) in [4.78, 5) is 0. The van der Waals surface area contributed by atoms with Crippen LogP contribution in [0.4, 0.5) is 0 Å². The molecule has 102 valence electrons. The van der Waals surface area contributed by atoms with Crippen LogP contribution in [0.15, 0.2) is 18.2 Å². The number of hydrogen-bond acceptors (Lipinski definition) is 1. The van der Waals surface area contributed by atoms with Crippen LogP contribution >= 0.6 is 11.6 Å². The molecular weight excluding hydrogens is 242 g/mol. The van der Waals surface area contributed by atoms with Gasteiger partial charge in [0.15, 0.2) is 0 Å². The van der Waals surface area contributed by atoms with Crippen LogP contribution < -0.4 is 5.32 Å². The van der Waals surface area contributed by atoms with Crippen LogP contribution in [0, 0.1) is 18.8 Å². The van der Waals surface area contributed by atoms with E-state index in [2.05, 4.69) is 51.2 Å². The standard InChI is InChI=1S/C16H26ClN/c1-12(2)10-18-11-14(4)6-8-15-7-5-13(3)9-16(15)17/h5,7,9,12,14,18H,6,8,10-11H2,1-4H3. The van der Waals surface area contributed by atoms with Gasteiger partial charge < -0.3 is 5.32 Å². The molecule has 0 aliphatic rings. The zero-order valence-corrected chi connectivity index (χ0v) is 12.8. The molecule has 1 aromatic carbocycles. The third-order valence-electron chi connectivity index (χ3n) is 3.16. The summed E-state index contributed by atoms with van der Waals surface area (Å²) in [5.74, 6) is 1.42. The van der Waals surface area contributed by atoms with Gasteiger partial charge in [0, 0.05) is 5.02 Å². The van der Waals surface area contributed by atoms with Crippen LogP contribution in [0.3, 0.4) is 0 Å². The van der Waals surface area contributed by atoms with Crippen molar-refractivity contribution in [3.63, 3.8) is 0 Å². The fraction of sp³-hybridized carbons (Fsp3) is 0.625. The van der Waals surface area contributed by atoms with Gasteiger partial charge in [-0.25, -0.2) is 0 Å². The average molecular weight is 268 g/mol. The predicted molar refractivity (Wildman–Crippen MR) is 81.4 cm³/mol. The second kappa shape index (κ2) is 7.81. The molecule has 0 saturated heterocycles. The highest BCUT2D eigenvalue weighted by Crippen LogP contribution is 2.20. The Bertz CT molecular complexity index is 360. The van der Waals surface area contributed by atoms with E-state index >= 15 is 0 Å². The summed E-state index contributed by atoms with van der Waals surface area (Å²) in [6.07, 6.45) is 2.26. The molecule has 18 heavy (non-hydrogen) atoms. The predicted octanol–water partition coefficient (Wildman–Crippen LogP) is 4.46. The van der Waals surface area contributed by atoms with Gasteiger partial charge in [-0.05, 0) is 61.9 Å². The first-order valence-electron chi connectivity index (χ1n) is 6.94. The summed E-state index contributed by atoms with van der Waals surface area (Å²) in [7, 11) is 0. The SMILES string of the molecule is Cc1ccc(CCC(C)CNCC(C)C)c(Cl)c1. The first kappa shape index (κ1) is 15.5. The number of rotatable bonds is 7. The van der Waals surface area contributed by atoms with Gasteiger partial charge in [0.1, 0.15) is 0 Å². The van der Waals surface area contributed by atoms with Crippen LogP contribution in [0.5, 0.6) is 0 Å². The Morgan fingerprint density at radius 1 is 1.17 bits per heavy atom. The Morgan fingerprint density at radius 3 is 2.50 bits per heavy atom. The third-order valence-corrected chi connectivity index (χ3v) is 3.51. The molecular formula is C16H26ClN. The lowest BCUT2D eigenvalue weighted by Gasteiger charge is -2.14. The maximum absolute atomic E-state index is 6.24. The molecule has 1 aromatic rings. The van der Waals surface area contributed by atoms with Crippen molar-refractivity contribution in [1.29, 1.82) is 0 Å². The first-order chi connectivity index (χ1) is 8.49. The second-order valence-corrected chi connectivity index (χ2v) is 6.20. The van der Waals surface area contributed by atoms with Crippen molar-refractivity contribution >= 4 is 11.6 Å². The molecule has 0 radical (unpaired) electrons. The topological polar surface area (TPSA) is 12.0 Å². The van der Waals surface area contributed by atoms with Gasteiger partial charge in [0.05, 0.1) is 0 Å². The van der Waals surface area contributed by atoms with E-state index in [0.29, 0.717) is 5.92 Å². The van der Waals surface area contributed by atoms with E-state index in [9.17, 15) is 0 Å². The number of benzene rings is 1. The largest absolute Gasteiger partial charge is 0.316 e. The minimum Gasteiger partial charge on any atom is -0.316 e. The van der Waals surface area contributed by atoms with Crippen molar-refractivity contribution in [2.24, 2.45) is 11.8 Å². The normalized spacial score (nSPS) is 13.0. The Hall–Kier alpha value is -0.530. The van der Waals surface area contributed by atoms with E-state index in [0.717, 1.165) is 30.5 Å². The molecule has 1 N–H and O–H groups in total. The highest BCUT2D eigenvalue weighted by atomic mass is 35.5. The van der Waals surface area contributed by atoms with Crippen molar-refractivity contribution < 1.29 is 0 Å². The molecule has 0 spiro atoms. The van der Waals surface area contributed by atoms with Gasteiger partial charge in [-0.2, -0.15) is 0 Å². The zero-order chi connectivity index (χ0) is 13.5. The zero-order valence-electron chi connectivity index (χ0n) is 12.1. The molecule has 0 saturated carbocycles. The summed E-state index contributed by atoms with van der Waals surface area (Å²) < 4.78 is 0. The number of nitrogens with one attached hydrogen (secondary N) is 1. The fourth-order valence-electron chi connectivity index (χ4n) is 1.98. The molecule has 0 bridgehead atoms. The van der Waals surface area contributed by atoms with Crippen molar-refractivity contribution in [2.45, 2.75) is 40.5 Å². The Balaban J connectivity index is 2.31. The molecule has 2 heteroatoms. The van der Waals surface area contributed by atoms with Gasteiger partial charge in [-0.15, -0.1) is 0 Å². The maximum atomic E-state index is 6.24. The molecule has 0 aromatic heterocycles. The molecule has 0 amide bonds. The van der Waals surface area contributed by atoms with E-state index in [1.807, 2.05) is 0 Å². The van der Waals surface area contributed by atoms with Gasteiger partial charge in [-0.1, -0.05) is 44.5 Å².